The van der Waals surface area contributed by atoms with E-state index >= 15 is 0 Å². The van der Waals surface area contributed by atoms with Gasteiger partial charge in [-0.05, 0) is 30.5 Å². The van der Waals surface area contributed by atoms with Gasteiger partial charge in [-0.15, -0.1) is 0 Å². The Kier molecular flexibility index (Phi) is 2.25. The van der Waals surface area contributed by atoms with E-state index in [9.17, 15) is 9.90 Å². The van der Waals surface area contributed by atoms with Gasteiger partial charge in [-0.3, -0.25) is 0 Å². The number of hydrogen-bond acceptors (Lipinski definition) is 1. The standard InChI is InChI=1S/C14H13NO2/c16-14(17)13-9-8-12(15(13)11-6-7-11)10-4-2-1-3-5-10/h1-5,8-9,11H,6-7H2,(H,16,17). The highest BCUT2D eigenvalue weighted by atomic mass is 16.4. The minimum atomic E-state index is -0.848. The van der Waals surface area contributed by atoms with Gasteiger partial charge in [-0.2, -0.15) is 0 Å². The lowest BCUT2D eigenvalue weighted by molar-refractivity contribution is 0.0685. The molecule has 0 aliphatic heterocycles. The number of aromatic nitrogens is 1. The van der Waals surface area contributed by atoms with Crippen LogP contribution in [0.3, 0.4) is 0 Å². The van der Waals surface area contributed by atoms with E-state index in [-0.39, 0.29) is 0 Å². The maximum Gasteiger partial charge on any atom is 0.352 e. The molecule has 3 heteroatoms. The van der Waals surface area contributed by atoms with Crippen molar-refractivity contribution in [1.82, 2.24) is 4.57 Å². The van der Waals surface area contributed by atoms with Crippen LogP contribution in [-0.2, 0) is 0 Å². The Morgan fingerprint density at radius 1 is 1.12 bits per heavy atom. The Labute approximate surface area is 99.3 Å². The Morgan fingerprint density at radius 3 is 2.41 bits per heavy atom. The van der Waals surface area contributed by atoms with Crippen molar-refractivity contribution in [2.75, 3.05) is 0 Å². The maximum atomic E-state index is 11.2. The van der Waals surface area contributed by atoms with Crippen molar-refractivity contribution >= 4 is 5.97 Å². The number of hydrogen-bond donors (Lipinski definition) is 1. The summed E-state index contributed by atoms with van der Waals surface area (Å²) in [6, 6.07) is 13.9. The molecule has 0 atom stereocenters. The van der Waals surface area contributed by atoms with Crippen LogP contribution in [0, 0.1) is 0 Å². The molecule has 1 fully saturated rings. The summed E-state index contributed by atoms with van der Waals surface area (Å²) in [6.45, 7) is 0. The topological polar surface area (TPSA) is 42.2 Å². The van der Waals surface area contributed by atoms with Crippen LogP contribution >= 0.6 is 0 Å². The lowest BCUT2D eigenvalue weighted by Gasteiger charge is -2.10. The van der Waals surface area contributed by atoms with Crippen LogP contribution in [0.1, 0.15) is 29.4 Å². The molecule has 1 aromatic carbocycles. The molecule has 1 heterocycles. The molecule has 0 unspecified atom stereocenters. The third-order valence-electron chi connectivity index (χ3n) is 3.12. The van der Waals surface area contributed by atoms with Crippen molar-refractivity contribution in [3.63, 3.8) is 0 Å². The molecule has 3 nitrogen and oxygen atoms in total. The molecule has 1 saturated carbocycles. The average Bonchev–Trinajstić information content (AvgIpc) is 3.08. The lowest BCUT2D eigenvalue weighted by Crippen LogP contribution is -2.08. The third kappa shape index (κ3) is 1.73. The molecule has 1 N–H and O–H groups in total. The number of carboxylic acids is 1. The van der Waals surface area contributed by atoms with Gasteiger partial charge in [0.1, 0.15) is 5.69 Å². The minimum absolute atomic E-state index is 0.367. The summed E-state index contributed by atoms with van der Waals surface area (Å²) in [5.74, 6) is -0.848. The molecule has 86 valence electrons. The van der Waals surface area contributed by atoms with Gasteiger partial charge in [-0.1, -0.05) is 30.3 Å². The van der Waals surface area contributed by atoms with Crippen molar-refractivity contribution in [3.8, 4) is 11.3 Å². The molecule has 0 saturated heterocycles. The van der Waals surface area contributed by atoms with E-state index in [2.05, 4.69) is 0 Å². The van der Waals surface area contributed by atoms with Crippen LogP contribution in [0.2, 0.25) is 0 Å². The Morgan fingerprint density at radius 2 is 1.82 bits per heavy atom. The molecule has 1 aliphatic rings. The molecule has 1 aromatic heterocycles. The van der Waals surface area contributed by atoms with Crippen molar-refractivity contribution in [3.05, 3.63) is 48.2 Å². The van der Waals surface area contributed by atoms with Gasteiger partial charge >= 0.3 is 5.97 Å². The third-order valence-corrected chi connectivity index (χ3v) is 3.12. The van der Waals surface area contributed by atoms with Crippen molar-refractivity contribution in [2.24, 2.45) is 0 Å². The van der Waals surface area contributed by atoms with Crippen LogP contribution in [0.5, 0.6) is 0 Å². The van der Waals surface area contributed by atoms with Gasteiger partial charge in [0.15, 0.2) is 0 Å². The van der Waals surface area contributed by atoms with E-state index in [1.165, 1.54) is 0 Å². The summed E-state index contributed by atoms with van der Waals surface area (Å²) < 4.78 is 1.96. The highest BCUT2D eigenvalue weighted by molar-refractivity contribution is 5.87. The smallest absolute Gasteiger partial charge is 0.352 e. The lowest BCUT2D eigenvalue weighted by atomic mass is 10.1. The van der Waals surface area contributed by atoms with Gasteiger partial charge in [-0.25, -0.2) is 4.79 Å². The number of rotatable bonds is 3. The molecule has 3 rings (SSSR count). The monoisotopic (exact) mass is 227 g/mol. The summed E-state index contributed by atoms with van der Waals surface area (Å²) in [4.78, 5) is 11.2. The first-order valence-electron chi connectivity index (χ1n) is 5.77. The van der Waals surface area contributed by atoms with E-state index in [0.717, 1.165) is 24.1 Å². The molecular formula is C14H13NO2. The summed E-state index contributed by atoms with van der Waals surface area (Å²) in [5, 5.41) is 9.18. The molecular weight excluding hydrogens is 214 g/mol. The van der Waals surface area contributed by atoms with E-state index in [1.807, 2.05) is 41.0 Å². The Hall–Kier alpha value is -2.03. The van der Waals surface area contributed by atoms with E-state index in [4.69, 9.17) is 0 Å². The molecule has 0 amide bonds. The van der Waals surface area contributed by atoms with Gasteiger partial charge in [0.05, 0.1) is 0 Å². The quantitative estimate of drug-likeness (QED) is 0.874. The second-order valence-corrected chi connectivity index (χ2v) is 4.38. The molecule has 0 spiro atoms. The molecule has 2 aromatic rings. The molecule has 0 radical (unpaired) electrons. The fraction of sp³-hybridized carbons (Fsp3) is 0.214. The number of nitrogens with zero attached hydrogens (tertiary/aromatic N) is 1. The summed E-state index contributed by atoms with van der Waals surface area (Å²) in [6.07, 6.45) is 2.16. The highest BCUT2D eigenvalue weighted by Gasteiger charge is 2.29. The number of carbonyl (C=O) groups is 1. The van der Waals surface area contributed by atoms with Crippen LogP contribution in [0.4, 0.5) is 0 Å². The predicted octanol–water partition coefficient (Wildman–Crippen LogP) is 3.19. The number of aromatic carboxylic acids is 1. The minimum Gasteiger partial charge on any atom is -0.477 e. The summed E-state index contributed by atoms with van der Waals surface area (Å²) in [5.41, 5.74) is 2.48. The van der Waals surface area contributed by atoms with E-state index in [0.29, 0.717) is 11.7 Å². The van der Waals surface area contributed by atoms with Gasteiger partial charge in [0.2, 0.25) is 0 Å². The normalized spacial score (nSPS) is 14.8. The SMILES string of the molecule is O=C(O)c1ccc(-c2ccccc2)n1C1CC1. The van der Waals surface area contributed by atoms with Crippen molar-refractivity contribution in [1.29, 1.82) is 0 Å². The zero-order valence-corrected chi connectivity index (χ0v) is 9.34. The first-order chi connectivity index (χ1) is 8.27. The van der Waals surface area contributed by atoms with Crippen LogP contribution in [0.15, 0.2) is 42.5 Å². The van der Waals surface area contributed by atoms with Crippen LogP contribution < -0.4 is 0 Å². The number of carboxylic acid groups (broad SMARTS) is 1. The fourth-order valence-corrected chi connectivity index (χ4v) is 2.19. The first kappa shape index (κ1) is 10.1. The van der Waals surface area contributed by atoms with Crippen molar-refractivity contribution < 1.29 is 9.90 Å². The van der Waals surface area contributed by atoms with E-state index < -0.39 is 5.97 Å². The van der Waals surface area contributed by atoms with Gasteiger partial charge < -0.3 is 9.67 Å². The second-order valence-electron chi connectivity index (χ2n) is 4.38. The molecule has 0 bridgehead atoms. The second kappa shape index (κ2) is 3.77. The highest BCUT2D eigenvalue weighted by Crippen LogP contribution is 2.40. The summed E-state index contributed by atoms with van der Waals surface area (Å²) >= 11 is 0. The summed E-state index contributed by atoms with van der Waals surface area (Å²) in [7, 11) is 0. The zero-order chi connectivity index (χ0) is 11.8. The largest absolute Gasteiger partial charge is 0.477 e. The Balaban J connectivity index is 2.14. The predicted molar refractivity (Wildman–Crippen MR) is 65.1 cm³/mol. The van der Waals surface area contributed by atoms with Crippen molar-refractivity contribution in [2.45, 2.75) is 18.9 Å². The maximum absolute atomic E-state index is 11.2. The first-order valence-corrected chi connectivity index (χ1v) is 5.77. The van der Waals surface area contributed by atoms with Crippen LogP contribution in [-0.4, -0.2) is 15.6 Å². The molecule has 17 heavy (non-hydrogen) atoms. The van der Waals surface area contributed by atoms with Gasteiger partial charge in [0, 0.05) is 11.7 Å². The van der Waals surface area contributed by atoms with Crippen LogP contribution in [0.25, 0.3) is 11.3 Å². The Bertz CT molecular complexity index is 553. The fourth-order valence-electron chi connectivity index (χ4n) is 2.19. The van der Waals surface area contributed by atoms with E-state index in [1.54, 1.807) is 6.07 Å². The zero-order valence-electron chi connectivity index (χ0n) is 9.34. The average molecular weight is 227 g/mol. The number of benzene rings is 1. The molecule has 1 aliphatic carbocycles. The van der Waals surface area contributed by atoms with Gasteiger partial charge in [0.25, 0.3) is 0 Å².